The highest BCUT2D eigenvalue weighted by Crippen LogP contribution is 2.26. The predicted molar refractivity (Wildman–Crippen MR) is 100 cm³/mol. The lowest BCUT2D eigenvalue weighted by Gasteiger charge is -2.10. The molecule has 0 saturated heterocycles. The molecule has 0 fully saturated rings. The van der Waals surface area contributed by atoms with Crippen molar-refractivity contribution in [1.29, 1.82) is 0 Å². The van der Waals surface area contributed by atoms with E-state index in [-0.39, 0.29) is 11.2 Å². The van der Waals surface area contributed by atoms with E-state index in [1.54, 1.807) is 42.0 Å². The van der Waals surface area contributed by atoms with Crippen LogP contribution < -0.4 is 16.0 Å². The number of aryl methyl sites for hydroxylation is 1. The van der Waals surface area contributed by atoms with Gasteiger partial charge in [0.05, 0.1) is 18.3 Å². The lowest BCUT2D eigenvalue weighted by molar-refractivity contribution is 0.203. The topological polar surface area (TPSA) is 78.4 Å². The van der Waals surface area contributed by atoms with Gasteiger partial charge in [-0.15, -0.1) is 0 Å². The number of hydrogen-bond acceptors (Lipinski definition) is 4. The number of benzene rings is 1. The van der Waals surface area contributed by atoms with Crippen molar-refractivity contribution in [2.24, 2.45) is 0 Å². The summed E-state index contributed by atoms with van der Waals surface area (Å²) in [5.41, 5.74) is 0.944. The maximum atomic E-state index is 12.8. The summed E-state index contributed by atoms with van der Waals surface area (Å²) >= 11 is 0. The molecular weight excluding hydrogens is 334 g/mol. The van der Waals surface area contributed by atoms with Crippen LogP contribution >= 0.6 is 0 Å². The zero-order valence-electron chi connectivity index (χ0n) is 15.2. The smallest absolute Gasteiger partial charge is 0.331 e. The minimum absolute atomic E-state index is 0.123. The van der Waals surface area contributed by atoms with Gasteiger partial charge in [-0.1, -0.05) is 13.8 Å². The fraction of sp³-hybridized carbons (Fsp3) is 0.368. The van der Waals surface area contributed by atoms with Crippen LogP contribution in [0.1, 0.15) is 26.7 Å². The van der Waals surface area contributed by atoms with E-state index in [1.807, 2.05) is 13.8 Å². The predicted octanol–water partition coefficient (Wildman–Crippen LogP) is 2.70. The van der Waals surface area contributed by atoms with Gasteiger partial charge in [-0.05, 0) is 43.2 Å². The van der Waals surface area contributed by atoms with E-state index in [0.29, 0.717) is 36.5 Å². The minimum Gasteiger partial charge on any atom is -0.497 e. The van der Waals surface area contributed by atoms with Crippen LogP contribution in [0.2, 0.25) is 0 Å². The Hall–Kier alpha value is -2.96. The number of hydrogen-bond donors (Lipinski definition) is 1. The molecule has 0 aliphatic rings. The summed E-state index contributed by atoms with van der Waals surface area (Å²) < 4.78 is 8.80. The molecule has 7 nitrogen and oxygen atoms in total. The van der Waals surface area contributed by atoms with Crippen LogP contribution in [0.4, 0.5) is 0 Å². The van der Waals surface area contributed by atoms with E-state index in [9.17, 15) is 14.8 Å². The first-order chi connectivity index (χ1) is 12.5. The summed E-state index contributed by atoms with van der Waals surface area (Å²) in [4.78, 5) is 25.6. The lowest BCUT2D eigenvalue weighted by atomic mass is 10.1. The van der Waals surface area contributed by atoms with E-state index in [4.69, 9.17) is 4.74 Å². The first kappa shape index (κ1) is 17.8. The molecule has 1 N–H and O–H groups in total. The highest BCUT2D eigenvalue weighted by molar-refractivity contribution is 5.83. The minimum atomic E-state index is -0.471. The highest BCUT2D eigenvalue weighted by atomic mass is 16.5. The van der Waals surface area contributed by atoms with Gasteiger partial charge in [-0.3, -0.25) is 13.9 Å². The Bertz CT molecular complexity index is 1040. The molecule has 1 aromatic carbocycles. The molecule has 3 aromatic rings. The van der Waals surface area contributed by atoms with Gasteiger partial charge >= 0.3 is 5.69 Å². The van der Waals surface area contributed by atoms with E-state index < -0.39 is 5.56 Å². The second-order valence-electron chi connectivity index (χ2n) is 6.19. The van der Waals surface area contributed by atoms with E-state index in [1.165, 1.54) is 4.57 Å². The fourth-order valence-corrected chi connectivity index (χ4v) is 3.19. The van der Waals surface area contributed by atoms with Gasteiger partial charge in [0.2, 0.25) is 0 Å². The average molecular weight is 357 g/mol. The highest BCUT2D eigenvalue weighted by Gasteiger charge is 2.20. The molecule has 7 heteroatoms. The van der Waals surface area contributed by atoms with Crippen LogP contribution in [0.25, 0.3) is 22.3 Å². The quantitative estimate of drug-likeness (QED) is 0.688. The Balaban J connectivity index is 2.33. The summed E-state index contributed by atoms with van der Waals surface area (Å²) in [5, 5.41) is 10.7. The Morgan fingerprint density at radius 3 is 2.19 bits per heavy atom. The molecule has 0 spiro atoms. The summed E-state index contributed by atoms with van der Waals surface area (Å²) in [6.07, 6.45) is 1.40. The Labute approximate surface area is 150 Å². The van der Waals surface area contributed by atoms with Crippen molar-refractivity contribution in [2.75, 3.05) is 7.11 Å². The fourth-order valence-electron chi connectivity index (χ4n) is 3.19. The first-order valence-electron chi connectivity index (χ1n) is 8.76. The van der Waals surface area contributed by atoms with Crippen LogP contribution in [-0.2, 0) is 13.1 Å². The van der Waals surface area contributed by atoms with Crippen molar-refractivity contribution in [3.63, 3.8) is 0 Å². The molecular formula is C19H23N3O4. The SMILES string of the molecule is CCCn1c(=O)c2c(cc(-c3ccc(OC)cc3)n2O)n(CCC)c1=O. The molecule has 2 aromatic heterocycles. The van der Waals surface area contributed by atoms with Gasteiger partial charge in [0.15, 0.2) is 5.52 Å². The zero-order valence-corrected chi connectivity index (χ0v) is 15.2. The molecule has 0 amide bonds. The number of rotatable bonds is 6. The van der Waals surface area contributed by atoms with Gasteiger partial charge in [0.25, 0.3) is 5.56 Å². The third kappa shape index (κ3) is 2.79. The second kappa shape index (κ2) is 7.11. The van der Waals surface area contributed by atoms with Crippen molar-refractivity contribution in [2.45, 2.75) is 39.8 Å². The molecule has 0 aliphatic heterocycles. The molecule has 138 valence electrons. The maximum Gasteiger partial charge on any atom is 0.331 e. The zero-order chi connectivity index (χ0) is 18.8. The summed E-state index contributed by atoms with van der Waals surface area (Å²) in [5.74, 6) is 0.697. The summed E-state index contributed by atoms with van der Waals surface area (Å²) in [7, 11) is 1.58. The van der Waals surface area contributed by atoms with Crippen LogP contribution in [0.3, 0.4) is 0 Å². The number of aromatic nitrogens is 3. The van der Waals surface area contributed by atoms with Crippen LogP contribution in [0.15, 0.2) is 39.9 Å². The Morgan fingerprint density at radius 1 is 1.00 bits per heavy atom. The van der Waals surface area contributed by atoms with Crippen molar-refractivity contribution in [3.8, 4) is 17.0 Å². The van der Waals surface area contributed by atoms with E-state index in [2.05, 4.69) is 0 Å². The Kier molecular flexibility index (Phi) is 4.88. The van der Waals surface area contributed by atoms with Crippen molar-refractivity contribution >= 4 is 11.0 Å². The van der Waals surface area contributed by atoms with Crippen molar-refractivity contribution in [1.82, 2.24) is 13.9 Å². The monoisotopic (exact) mass is 357 g/mol. The summed E-state index contributed by atoms with van der Waals surface area (Å²) in [6.45, 7) is 4.67. The van der Waals surface area contributed by atoms with Crippen molar-refractivity contribution in [3.05, 3.63) is 51.2 Å². The number of methoxy groups -OCH3 is 1. The number of nitrogens with zero attached hydrogens (tertiary/aromatic N) is 3. The van der Waals surface area contributed by atoms with E-state index in [0.717, 1.165) is 16.7 Å². The molecule has 2 heterocycles. The van der Waals surface area contributed by atoms with Gasteiger partial charge < -0.3 is 9.94 Å². The van der Waals surface area contributed by atoms with Gasteiger partial charge in [-0.2, -0.15) is 4.73 Å². The standard InChI is InChI=1S/C19H23N3O4/c1-4-10-20-16-12-15(13-6-8-14(26-3)9-7-13)22(25)17(16)18(23)21(11-5-2)19(20)24/h6-9,12,25H,4-5,10-11H2,1-3H3. The largest absolute Gasteiger partial charge is 0.497 e. The first-order valence-corrected chi connectivity index (χ1v) is 8.76. The second-order valence-corrected chi connectivity index (χ2v) is 6.19. The van der Waals surface area contributed by atoms with Gasteiger partial charge in [-0.25, -0.2) is 4.79 Å². The molecule has 0 saturated carbocycles. The number of ether oxygens (including phenoxy) is 1. The van der Waals surface area contributed by atoms with Gasteiger partial charge in [0.1, 0.15) is 5.75 Å². The third-order valence-corrected chi connectivity index (χ3v) is 4.44. The number of fused-ring (bicyclic) bond motifs is 1. The van der Waals surface area contributed by atoms with Crippen LogP contribution in [-0.4, -0.2) is 26.2 Å². The van der Waals surface area contributed by atoms with Crippen LogP contribution in [0.5, 0.6) is 5.75 Å². The van der Waals surface area contributed by atoms with Crippen molar-refractivity contribution < 1.29 is 9.94 Å². The molecule has 0 atom stereocenters. The third-order valence-electron chi connectivity index (χ3n) is 4.44. The van der Waals surface area contributed by atoms with Crippen LogP contribution in [0, 0.1) is 0 Å². The maximum absolute atomic E-state index is 12.8. The molecule has 26 heavy (non-hydrogen) atoms. The molecule has 0 aliphatic carbocycles. The molecule has 0 radical (unpaired) electrons. The normalized spacial score (nSPS) is 11.2. The van der Waals surface area contributed by atoms with E-state index >= 15 is 0 Å². The van der Waals surface area contributed by atoms with Gasteiger partial charge in [0, 0.05) is 18.7 Å². The Morgan fingerprint density at radius 2 is 1.62 bits per heavy atom. The molecule has 0 unspecified atom stereocenters. The lowest BCUT2D eigenvalue weighted by Crippen LogP contribution is -2.40. The average Bonchev–Trinajstić information content (AvgIpc) is 2.99. The molecule has 0 bridgehead atoms. The summed E-state index contributed by atoms with van der Waals surface area (Å²) in [6, 6.07) is 8.84. The molecule has 3 rings (SSSR count).